The first-order valence-corrected chi connectivity index (χ1v) is 7.26. The normalized spacial score (nSPS) is 15.8. The number of rotatable bonds is 1. The van der Waals surface area contributed by atoms with Crippen LogP contribution >= 0.6 is 34.8 Å². The van der Waals surface area contributed by atoms with E-state index in [0.717, 1.165) is 6.07 Å². The molecule has 0 unspecified atom stereocenters. The highest BCUT2D eigenvalue weighted by atomic mass is 127. The van der Waals surface area contributed by atoms with E-state index in [0.29, 0.717) is 3.57 Å². The summed E-state index contributed by atoms with van der Waals surface area (Å²) < 4.78 is 0.491. The summed E-state index contributed by atoms with van der Waals surface area (Å²) in [4.78, 5) is 26.7. The van der Waals surface area contributed by atoms with Crippen molar-refractivity contribution < 1.29 is 19.8 Å². The number of nitrogens with zero attached hydrogens (tertiary/aromatic N) is 2. The summed E-state index contributed by atoms with van der Waals surface area (Å²) >= 11 is 6.87. The number of benzene rings is 1. The summed E-state index contributed by atoms with van der Waals surface area (Å²) in [5.41, 5.74) is 0.161. The highest BCUT2D eigenvalue weighted by molar-refractivity contribution is 14.1. The van der Waals surface area contributed by atoms with Crippen LogP contribution in [0.2, 0.25) is 0 Å². The maximum absolute atomic E-state index is 12.1. The van der Waals surface area contributed by atoms with Crippen molar-refractivity contribution in [3.8, 4) is 11.5 Å². The van der Waals surface area contributed by atoms with E-state index in [1.165, 1.54) is 36.0 Å². The molecule has 6 nitrogen and oxygen atoms in total. The lowest BCUT2D eigenvalue weighted by Gasteiger charge is -2.31. The lowest BCUT2D eigenvalue weighted by atomic mass is 10.1. The predicted molar refractivity (Wildman–Crippen MR) is 88.6 cm³/mol. The zero-order chi connectivity index (χ0) is 15.9. The third-order valence-electron chi connectivity index (χ3n) is 3.04. The fourth-order valence-electron chi connectivity index (χ4n) is 1.81. The number of phenolic OH excluding ortho intramolecular Hbond substituents is 2. The van der Waals surface area contributed by atoms with Crippen LogP contribution in [0.15, 0.2) is 17.7 Å². The number of likely N-dealkylation sites (N-methyl/N-ethyl adjacent to an activating group) is 2. The molecule has 1 heterocycles. The number of carbonyl (C=O) groups is 2. The van der Waals surface area contributed by atoms with Crippen LogP contribution in [0.5, 0.6) is 11.5 Å². The van der Waals surface area contributed by atoms with Crippen molar-refractivity contribution >= 4 is 57.8 Å². The molecule has 0 bridgehead atoms. The predicted octanol–water partition coefficient (Wildman–Crippen LogP) is 1.30. The third-order valence-corrected chi connectivity index (χ3v) is 4.45. The lowest BCUT2D eigenvalue weighted by molar-refractivity contribution is -0.132. The summed E-state index contributed by atoms with van der Waals surface area (Å²) in [7, 11) is 2.95. The van der Waals surface area contributed by atoms with Crippen LogP contribution in [0.1, 0.15) is 5.56 Å². The molecule has 1 aliphatic heterocycles. The largest absolute Gasteiger partial charge is 0.507 e. The van der Waals surface area contributed by atoms with Gasteiger partial charge >= 0.3 is 0 Å². The Bertz CT molecular complexity index is 676. The van der Waals surface area contributed by atoms with Crippen molar-refractivity contribution in [1.29, 1.82) is 0 Å². The van der Waals surface area contributed by atoms with Crippen molar-refractivity contribution in [2.24, 2.45) is 0 Å². The van der Waals surface area contributed by atoms with Crippen molar-refractivity contribution in [2.45, 2.75) is 0 Å². The molecule has 2 amide bonds. The van der Waals surface area contributed by atoms with Crippen LogP contribution in [-0.2, 0) is 9.59 Å². The van der Waals surface area contributed by atoms with Gasteiger partial charge in [0, 0.05) is 25.7 Å². The Kier molecular flexibility index (Phi) is 4.19. The minimum Gasteiger partial charge on any atom is -0.507 e. The Hall–Kier alpha value is -1.68. The second-order valence-electron chi connectivity index (χ2n) is 4.43. The number of aromatic hydroxyl groups is 2. The second kappa shape index (κ2) is 5.60. The van der Waals surface area contributed by atoms with E-state index in [4.69, 9.17) is 12.2 Å². The molecule has 0 radical (unpaired) electrons. The van der Waals surface area contributed by atoms with Gasteiger partial charge in [-0.05, 0) is 47.0 Å². The number of phenols is 2. The van der Waals surface area contributed by atoms with Gasteiger partial charge in [-0.15, -0.1) is 0 Å². The average molecular weight is 418 g/mol. The van der Waals surface area contributed by atoms with Gasteiger partial charge < -0.3 is 10.2 Å². The first-order chi connectivity index (χ1) is 9.73. The zero-order valence-electron chi connectivity index (χ0n) is 11.1. The number of carbonyl (C=O) groups excluding carboxylic acids is 2. The van der Waals surface area contributed by atoms with Gasteiger partial charge in [0.25, 0.3) is 11.8 Å². The molecule has 110 valence electrons. The second-order valence-corrected chi connectivity index (χ2v) is 5.96. The van der Waals surface area contributed by atoms with Gasteiger partial charge in [0.2, 0.25) is 0 Å². The van der Waals surface area contributed by atoms with Crippen LogP contribution in [0.4, 0.5) is 0 Å². The number of halogens is 1. The van der Waals surface area contributed by atoms with E-state index < -0.39 is 11.8 Å². The van der Waals surface area contributed by atoms with E-state index >= 15 is 0 Å². The van der Waals surface area contributed by atoms with Crippen LogP contribution in [-0.4, -0.2) is 51.0 Å². The molecule has 2 N–H and O–H groups in total. The van der Waals surface area contributed by atoms with E-state index in [1.54, 1.807) is 0 Å². The Morgan fingerprint density at radius 3 is 2.14 bits per heavy atom. The van der Waals surface area contributed by atoms with Crippen LogP contribution in [0.3, 0.4) is 0 Å². The van der Waals surface area contributed by atoms with Gasteiger partial charge in [-0.3, -0.25) is 19.4 Å². The minimum absolute atomic E-state index is 0.0769. The highest BCUT2D eigenvalue weighted by Crippen LogP contribution is 2.30. The van der Waals surface area contributed by atoms with Gasteiger partial charge in [-0.2, -0.15) is 0 Å². The van der Waals surface area contributed by atoms with E-state index in [-0.39, 0.29) is 27.7 Å². The van der Waals surface area contributed by atoms with Crippen molar-refractivity contribution in [2.75, 3.05) is 14.1 Å². The van der Waals surface area contributed by atoms with Gasteiger partial charge in [0.1, 0.15) is 17.1 Å². The van der Waals surface area contributed by atoms with Gasteiger partial charge in [0.05, 0.1) is 3.57 Å². The molecule has 1 fully saturated rings. The molecule has 1 aromatic carbocycles. The van der Waals surface area contributed by atoms with E-state index in [1.807, 2.05) is 22.6 Å². The molecule has 0 aliphatic carbocycles. The third kappa shape index (κ3) is 2.72. The van der Waals surface area contributed by atoms with Crippen molar-refractivity contribution in [3.63, 3.8) is 0 Å². The van der Waals surface area contributed by atoms with Gasteiger partial charge in [0.15, 0.2) is 5.11 Å². The number of hydrogen-bond donors (Lipinski definition) is 2. The summed E-state index contributed by atoms with van der Waals surface area (Å²) in [5, 5.41) is 19.4. The zero-order valence-corrected chi connectivity index (χ0v) is 14.1. The Morgan fingerprint density at radius 1 is 1.10 bits per heavy atom. The molecular formula is C13H11IN2O4S. The van der Waals surface area contributed by atoms with Gasteiger partial charge in [-0.25, -0.2) is 0 Å². The van der Waals surface area contributed by atoms with Crippen LogP contribution in [0, 0.1) is 3.57 Å². The fraction of sp³-hybridized carbons (Fsp3) is 0.154. The number of amides is 2. The summed E-state index contributed by atoms with van der Waals surface area (Å²) in [6.45, 7) is 0. The highest BCUT2D eigenvalue weighted by Gasteiger charge is 2.35. The summed E-state index contributed by atoms with van der Waals surface area (Å²) in [6.07, 6.45) is 1.29. The number of thiocarbonyl (C=S) groups is 1. The maximum Gasteiger partial charge on any atom is 0.265 e. The molecule has 0 atom stereocenters. The summed E-state index contributed by atoms with van der Waals surface area (Å²) in [5.74, 6) is -1.37. The molecule has 1 saturated heterocycles. The monoisotopic (exact) mass is 418 g/mol. The minimum atomic E-state index is -0.536. The van der Waals surface area contributed by atoms with E-state index in [2.05, 4.69) is 0 Å². The number of hydrogen-bond acceptors (Lipinski definition) is 5. The molecule has 2 rings (SSSR count). The Morgan fingerprint density at radius 2 is 1.62 bits per heavy atom. The van der Waals surface area contributed by atoms with Crippen LogP contribution in [0.25, 0.3) is 6.08 Å². The maximum atomic E-state index is 12.1. The Labute approximate surface area is 139 Å². The molecule has 0 saturated carbocycles. The van der Waals surface area contributed by atoms with Gasteiger partial charge in [-0.1, -0.05) is 0 Å². The average Bonchev–Trinajstić information content (AvgIpc) is 2.44. The molecular weight excluding hydrogens is 407 g/mol. The fourth-order valence-corrected chi connectivity index (χ4v) is 2.47. The molecule has 1 aromatic rings. The smallest absolute Gasteiger partial charge is 0.265 e. The van der Waals surface area contributed by atoms with E-state index in [9.17, 15) is 19.8 Å². The SMILES string of the molecule is CN1C(=O)C(=Cc2cc(I)c(O)cc2O)C(=O)N(C)C1=S. The molecule has 0 aromatic heterocycles. The molecule has 8 heteroatoms. The quantitative estimate of drug-likeness (QED) is 0.311. The molecule has 21 heavy (non-hydrogen) atoms. The summed E-state index contributed by atoms with van der Waals surface area (Å²) in [6, 6.07) is 2.63. The first-order valence-electron chi connectivity index (χ1n) is 5.77. The van der Waals surface area contributed by atoms with Crippen molar-refractivity contribution in [1.82, 2.24) is 9.80 Å². The Balaban J connectivity index is 2.54. The van der Waals surface area contributed by atoms with Crippen LogP contribution < -0.4 is 0 Å². The lowest BCUT2D eigenvalue weighted by Crippen LogP contribution is -2.52. The topological polar surface area (TPSA) is 81.1 Å². The van der Waals surface area contributed by atoms with Crippen molar-refractivity contribution in [3.05, 3.63) is 26.8 Å². The molecule has 1 aliphatic rings. The standard InChI is InChI=1S/C13H11IN2O4S/c1-15-11(19)7(12(20)16(2)13(15)21)3-6-4-8(14)10(18)5-9(6)17/h3-5,17-18H,1-2H3. The first kappa shape index (κ1) is 15.7. The molecule has 0 spiro atoms.